The van der Waals surface area contributed by atoms with Gasteiger partial charge in [-0.05, 0) is 42.7 Å². The SMILES string of the molecule is CCCCCCCc1ccc(OC(=O)CCC2CCC(CCCCCCC)CC2)cc1F. The van der Waals surface area contributed by atoms with Crippen molar-refractivity contribution >= 4 is 5.97 Å². The van der Waals surface area contributed by atoms with E-state index in [1.54, 1.807) is 12.1 Å². The highest BCUT2D eigenvalue weighted by Gasteiger charge is 2.22. The summed E-state index contributed by atoms with van der Waals surface area (Å²) < 4.78 is 19.8. The molecule has 1 saturated carbocycles. The Morgan fingerprint density at radius 1 is 0.844 bits per heavy atom. The van der Waals surface area contributed by atoms with Crippen molar-refractivity contribution in [1.82, 2.24) is 0 Å². The van der Waals surface area contributed by atoms with Gasteiger partial charge in [0, 0.05) is 12.5 Å². The number of carbonyl (C=O) groups excluding carboxylic acids is 1. The van der Waals surface area contributed by atoms with Crippen LogP contribution < -0.4 is 4.74 Å². The molecule has 1 aromatic carbocycles. The van der Waals surface area contributed by atoms with E-state index in [9.17, 15) is 9.18 Å². The maximum atomic E-state index is 14.3. The quantitative estimate of drug-likeness (QED) is 0.144. The third kappa shape index (κ3) is 11.0. The molecule has 3 heteroatoms. The Morgan fingerprint density at radius 3 is 2.06 bits per heavy atom. The van der Waals surface area contributed by atoms with E-state index in [2.05, 4.69) is 13.8 Å². The summed E-state index contributed by atoms with van der Waals surface area (Å²) in [5, 5.41) is 0. The van der Waals surface area contributed by atoms with Gasteiger partial charge in [0.2, 0.25) is 0 Å². The molecule has 0 unspecified atom stereocenters. The zero-order valence-electron chi connectivity index (χ0n) is 20.8. The highest BCUT2D eigenvalue weighted by Crippen LogP contribution is 2.34. The van der Waals surface area contributed by atoms with Gasteiger partial charge in [0.25, 0.3) is 0 Å². The fourth-order valence-corrected chi connectivity index (χ4v) is 5.06. The summed E-state index contributed by atoms with van der Waals surface area (Å²) in [7, 11) is 0. The monoisotopic (exact) mass is 446 g/mol. The van der Waals surface area contributed by atoms with Gasteiger partial charge in [0.1, 0.15) is 11.6 Å². The van der Waals surface area contributed by atoms with Gasteiger partial charge in [-0.25, -0.2) is 4.39 Å². The number of hydrogen-bond acceptors (Lipinski definition) is 2. The number of aryl methyl sites for hydroxylation is 1. The smallest absolute Gasteiger partial charge is 0.311 e. The van der Waals surface area contributed by atoms with Gasteiger partial charge in [-0.3, -0.25) is 4.79 Å². The Balaban J connectivity index is 1.60. The van der Waals surface area contributed by atoms with E-state index in [0.717, 1.165) is 37.2 Å². The van der Waals surface area contributed by atoms with Gasteiger partial charge in [-0.1, -0.05) is 110 Å². The molecule has 182 valence electrons. The fourth-order valence-electron chi connectivity index (χ4n) is 5.06. The number of unbranched alkanes of at least 4 members (excludes halogenated alkanes) is 8. The van der Waals surface area contributed by atoms with E-state index >= 15 is 0 Å². The van der Waals surface area contributed by atoms with Gasteiger partial charge in [0.15, 0.2) is 0 Å². The van der Waals surface area contributed by atoms with Crippen LogP contribution in [0.2, 0.25) is 0 Å². The molecule has 0 atom stereocenters. The Kier molecular flexibility index (Phi) is 13.7. The first kappa shape index (κ1) is 26.9. The molecule has 0 bridgehead atoms. The number of rotatable bonds is 16. The summed E-state index contributed by atoms with van der Waals surface area (Å²) in [5.41, 5.74) is 0.725. The van der Waals surface area contributed by atoms with E-state index < -0.39 is 0 Å². The molecule has 0 aliphatic heterocycles. The zero-order valence-corrected chi connectivity index (χ0v) is 20.8. The van der Waals surface area contributed by atoms with Crippen LogP contribution >= 0.6 is 0 Å². The number of halogens is 1. The molecule has 1 aliphatic rings. The number of benzene rings is 1. The zero-order chi connectivity index (χ0) is 23.0. The highest BCUT2D eigenvalue weighted by molar-refractivity contribution is 5.72. The maximum absolute atomic E-state index is 14.3. The Labute approximate surface area is 196 Å². The first-order valence-electron chi connectivity index (χ1n) is 13.6. The summed E-state index contributed by atoms with van der Waals surface area (Å²) in [6.45, 7) is 4.46. The molecule has 0 spiro atoms. The minimum Gasteiger partial charge on any atom is -0.426 e. The van der Waals surface area contributed by atoms with E-state index in [4.69, 9.17) is 4.74 Å². The first-order chi connectivity index (χ1) is 15.6. The van der Waals surface area contributed by atoms with E-state index in [-0.39, 0.29) is 11.8 Å². The van der Waals surface area contributed by atoms with Gasteiger partial charge >= 0.3 is 5.97 Å². The molecule has 0 saturated heterocycles. The number of ether oxygens (including phenoxy) is 1. The van der Waals surface area contributed by atoms with Crippen molar-refractivity contribution in [3.05, 3.63) is 29.6 Å². The molecule has 0 aromatic heterocycles. The Bertz CT molecular complexity index is 634. The molecule has 0 radical (unpaired) electrons. The summed E-state index contributed by atoms with van der Waals surface area (Å²) >= 11 is 0. The largest absolute Gasteiger partial charge is 0.426 e. The van der Waals surface area contributed by atoms with Gasteiger partial charge in [-0.2, -0.15) is 0 Å². The first-order valence-corrected chi connectivity index (χ1v) is 13.6. The van der Waals surface area contributed by atoms with Gasteiger partial charge in [-0.15, -0.1) is 0 Å². The molecule has 0 N–H and O–H groups in total. The minimum absolute atomic E-state index is 0.227. The molecule has 1 fully saturated rings. The van der Waals surface area contributed by atoms with Crippen LogP contribution in [-0.2, 0) is 11.2 Å². The maximum Gasteiger partial charge on any atom is 0.311 e. The van der Waals surface area contributed by atoms with Gasteiger partial charge < -0.3 is 4.74 Å². The molecule has 0 heterocycles. The van der Waals surface area contributed by atoms with Crippen molar-refractivity contribution in [3.8, 4) is 5.75 Å². The summed E-state index contributed by atoms with van der Waals surface area (Å²) in [6, 6.07) is 4.90. The van der Waals surface area contributed by atoms with Crippen molar-refractivity contribution < 1.29 is 13.9 Å². The lowest BCUT2D eigenvalue weighted by molar-refractivity contribution is -0.134. The molecule has 1 aromatic rings. The van der Waals surface area contributed by atoms with E-state index in [1.165, 1.54) is 89.5 Å². The summed E-state index contributed by atoms with van der Waals surface area (Å²) in [4.78, 5) is 12.3. The van der Waals surface area contributed by atoms with Crippen LogP contribution in [0.5, 0.6) is 5.75 Å². The topological polar surface area (TPSA) is 26.3 Å². The van der Waals surface area contributed by atoms with E-state index in [1.807, 2.05) is 0 Å². The van der Waals surface area contributed by atoms with Crippen LogP contribution in [0.15, 0.2) is 18.2 Å². The van der Waals surface area contributed by atoms with Crippen LogP contribution in [0.4, 0.5) is 4.39 Å². The Morgan fingerprint density at radius 2 is 1.44 bits per heavy atom. The lowest BCUT2D eigenvalue weighted by Crippen LogP contribution is -2.17. The summed E-state index contributed by atoms with van der Waals surface area (Å²) in [6.07, 6.45) is 21.3. The van der Waals surface area contributed by atoms with Crippen molar-refractivity contribution in [2.75, 3.05) is 0 Å². The third-order valence-corrected chi connectivity index (χ3v) is 7.24. The molecule has 1 aliphatic carbocycles. The van der Waals surface area contributed by atoms with Crippen LogP contribution in [0.1, 0.15) is 129 Å². The summed E-state index contributed by atoms with van der Waals surface area (Å²) in [5.74, 6) is 1.40. The standard InChI is InChI=1S/C29H47FO2/c1-3-5-7-9-11-13-24-15-17-25(18-16-24)19-22-29(31)32-27-21-20-26(28(30)23-27)14-12-10-8-6-4-2/h20-21,23-25H,3-19,22H2,1-2H3. The predicted molar refractivity (Wildman–Crippen MR) is 133 cm³/mol. The number of esters is 1. The lowest BCUT2D eigenvalue weighted by Gasteiger charge is -2.28. The second-order valence-corrected chi connectivity index (χ2v) is 10.0. The second kappa shape index (κ2) is 16.3. The average Bonchev–Trinajstić information content (AvgIpc) is 2.79. The van der Waals surface area contributed by atoms with Crippen molar-refractivity contribution in [3.63, 3.8) is 0 Å². The van der Waals surface area contributed by atoms with E-state index in [0.29, 0.717) is 18.1 Å². The second-order valence-electron chi connectivity index (χ2n) is 10.0. The molecule has 2 nitrogen and oxygen atoms in total. The molecular weight excluding hydrogens is 399 g/mol. The van der Waals surface area contributed by atoms with Crippen molar-refractivity contribution in [1.29, 1.82) is 0 Å². The minimum atomic E-state index is -0.251. The lowest BCUT2D eigenvalue weighted by atomic mass is 9.78. The highest BCUT2D eigenvalue weighted by atomic mass is 19.1. The number of carbonyl (C=O) groups is 1. The Hall–Kier alpha value is -1.38. The molecule has 32 heavy (non-hydrogen) atoms. The average molecular weight is 447 g/mol. The predicted octanol–water partition coefficient (Wildman–Crippen LogP) is 9.19. The van der Waals surface area contributed by atoms with Crippen LogP contribution in [0, 0.1) is 17.7 Å². The molecular formula is C29H47FO2. The van der Waals surface area contributed by atoms with Crippen molar-refractivity contribution in [2.24, 2.45) is 11.8 Å². The van der Waals surface area contributed by atoms with Crippen LogP contribution in [0.25, 0.3) is 0 Å². The number of hydrogen-bond donors (Lipinski definition) is 0. The molecule has 2 rings (SSSR count). The third-order valence-electron chi connectivity index (χ3n) is 7.24. The fraction of sp³-hybridized carbons (Fsp3) is 0.759. The van der Waals surface area contributed by atoms with Crippen LogP contribution in [-0.4, -0.2) is 5.97 Å². The van der Waals surface area contributed by atoms with Crippen molar-refractivity contribution in [2.45, 2.75) is 129 Å². The van der Waals surface area contributed by atoms with Crippen LogP contribution in [0.3, 0.4) is 0 Å². The normalized spacial score (nSPS) is 18.6. The molecule has 0 amide bonds. The van der Waals surface area contributed by atoms with Gasteiger partial charge in [0.05, 0.1) is 0 Å².